The predicted molar refractivity (Wildman–Crippen MR) is 66.4 cm³/mol. The summed E-state index contributed by atoms with van der Waals surface area (Å²) in [6, 6.07) is 0. The van der Waals surface area contributed by atoms with Gasteiger partial charge < -0.3 is 11.1 Å². The largest absolute Gasteiger partial charge is 0.351 e. The van der Waals surface area contributed by atoms with Crippen molar-refractivity contribution in [3.8, 4) is 0 Å². The molecular formula is C11H19N3OS. The molecule has 1 aromatic heterocycles. The molecule has 0 aliphatic carbocycles. The Morgan fingerprint density at radius 2 is 2.25 bits per heavy atom. The minimum Gasteiger partial charge on any atom is -0.351 e. The summed E-state index contributed by atoms with van der Waals surface area (Å²) < 4.78 is 0. The number of nitrogens with two attached hydrogens (primary N) is 1. The zero-order valence-electron chi connectivity index (χ0n) is 10.0. The quantitative estimate of drug-likeness (QED) is 0.844. The minimum absolute atomic E-state index is 0.111. The Morgan fingerprint density at radius 3 is 2.75 bits per heavy atom. The molecule has 16 heavy (non-hydrogen) atoms. The summed E-state index contributed by atoms with van der Waals surface area (Å²) in [5.74, 6) is -0.111. The molecule has 1 heterocycles. The fourth-order valence-corrected chi connectivity index (χ4v) is 1.81. The van der Waals surface area contributed by atoms with E-state index in [9.17, 15) is 4.79 Å². The zero-order valence-corrected chi connectivity index (χ0v) is 10.9. The number of carbonyl (C=O) groups is 1. The first-order valence-corrected chi connectivity index (χ1v) is 6.23. The van der Waals surface area contributed by atoms with Crippen LogP contribution in [0.1, 0.15) is 42.7 Å². The van der Waals surface area contributed by atoms with E-state index in [1.54, 1.807) is 5.38 Å². The first-order chi connectivity index (χ1) is 7.42. The smallest absolute Gasteiger partial charge is 0.270 e. The second kappa shape index (κ2) is 5.41. The molecule has 0 spiro atoms. The van der Waals surface area contributed by atoms with Crippen molar-refractivity contribution in [3.63, 3.8) is 0 Å². The van der Waals surface area contributed by atoms with Gasteiger partial charge in [0, 0.05) is 18.5 Å². The van der Waals surface area contributed by atoms with Crippen molar-refractivity contribution < 1.29 is 4.79 Å². The van der Waals surface area contributed by atoms with Crippen molar-refractivity contribution in [2.45, 2.75) is 33.7 Å². The number of nitrogens with one attached hydrogen (secondary N) is 1. The molecule has 0 saturated carbocycles. The van der Waals surface area contributed by atoms with Gasteiger partial charge in [-0.15, -0.1) is 11.3 Å². The third-order valence-electron chi connectivity index (χ3n) is 2.12. The molecule has 0 radical (unpaired) electrons. The number of nitrogens with zero attached hydrogens (tertiary/aromatic N) is 1. The number of rotatable bonds is 4. The molecule has 1 aromatic rings. The van der Waals surface area contributed by atoms with E-state index in [1.165, 1.54) is 11.3 Å². The average molecular weight is 241 g/mol. The van der Waals surface area contributed by atoms with Gasteiger partial charge in [0.2, 0.25) is 0 Å². The van der Waals surface area contributed by atoms with Crippen LogP contribution in [0.4, 0.5) is 0 Å². The molecule has 3 N–H and O–H groups in total. The van der Waals surface area contributed by atoms with E-state index in [-0.39, 0.29) is 11.3 Å². The van der Waals surface area contributed by atoms with E-state index in [0.29, 0.717) is 18.8 Å². The lowest BCUT2D eigenvalue weighted by Crippen LogP contribution is -2.27. The van der Waals surface area contributed by atoms with Gasteiger partial charge in [0.05, 0.1) is 0 Å². The van der Waals surface area contributed by atoms with E-state index < -0.39 is 0 Å². The van der Waals surface area contributed by atoms with E-state index in [1.807, 2.05) is 0 Å². The summed E-state index contributed by atoms with van der Waals surface area (Å²) in [7, 11) is 0. The van der Waals surface area contributed by atoms with Crippen molar-refractivity contribution in [1.29, 1.82) is 0 Å². The molecule has 0 saturated heterocycles. The standard InChI is InChI=1S/C11H19N3OS/c1-11(2,3)4-5-13-10(15)8-7-16-9(6-12)14-8/h7H,4-6,12H2,1-3H3,(H,13,15). The van der Waals surface area contributed by atoms with Gasteiger partial charge in [-0.05, 0) is 11.8 Å². The summed E-state index contributed by atoms with van der Waals surface area (Å²) in [6.45, 7) is 7.51. The minimum atomic E-state index is -0.111. The normalized spacial score (nSPS) is 11.5. The maximum atomic E-state index is 11.7. The molecule has 0 aromatic carbocycles. The van der Waals surface area contributed by atoms with Crippen molar-refractivity contribution in [3.05, 3.63) is 16.1 Å². The van der Waals surface area contributed by atoms with Gasteiger partial charge in [0.15, 0.2) is 0 Å². The molecule has 1 amide bonds. The fourth-order valence-electron chi connectivity index (χ4n) is 1.15. The topological polar surface area (TPSA) is 68.0 Å². The maximum absolute atomic E-state index is 11.7. The van der Waals surface area contributed by atoms with E-state index in [0.717, 1.165) is 11.4 Å². The van der Waals surface area contributed by atoms with Crippen molar-refractivity contribution in [1.82, 2.24) is 10.3 Å². The monoisotopic (exact) mass is 241 g/mol. The Hall–Kier alpha value is -0.940. The third kappa shape index (κ3) is 4.28. The maximum Gasteiger partial charge on any atom is 0.270 e. The lowest BCUT2D eigenvalue weighted by molar-refractivity contribution is 0.0945. The third-order valence-corrected chi connectivity index (χ3v) is 2.99. The Kier molecular flexibility index (Phi) is 4.44. The first kappa shape index (κ1) is 13.1. The summed E-state index contributed by atoms with van der Waals surface area (Å²) >= 11 is 1.42. The Morgan fingerprint density at radius 1 is 1.56 bits per heavy atom. The van der Waals surface area contributed by atoms with Gasteiger partial charge in [-0.2, -0.15) is 0 Å². The van der Waals surface area contributed by atoms with Crippen LogP contribution in [0.15, 0.2) is 5.38 Å². The molecule has 0 atom stereocenters. The van der Waals surface area contributed by atoms with Gasteiger partial charge >= 0.3 is 0 Å². The number of aromatic nitrogens is 1. The summed E-state index contributed by atoms with van der Waals surface area (Å²) in [4.78, 5) is 15.8. The number of hydrogen-bond donors (Lipinski definition) is 2. The highest BCUT2D eigenvalue weighted by molar-refractivity contribution is 7.09. The summed E-state index contributed by atoms with van der Waals surface area (Å²) in [5.41, 5.74) is 6.14. The van der Waals surface area contributed by atoms with Crippen LogP contribution in [0.5, 0.6) is 0 Å². The van der Waals surface area contributed by atoms with Gasteiger partial charge in [0.1, 0.15) is 10.7 Å². The number of amides is 1. The molecular weight excluding hydrogens is 222 g/mol. The van der Waals surface area contributed by atoms with E-state index in [4.69, 9.17) is 5.73 Å². The number of thiazole rings is 1. The van der Waals surface area contributed by atoms with Gasteiger partial charge in [-0.1, -0.05) is 20.8 Å². The van der Waals surface area contributed by atoms with Crippen LogP contribution in [0.2, 0.25) is 0 Å². The van der Waals surface area contributed by atoms with Crippen LogP contribution >= 0.6 is 11.3 Å². The molecule has 4 nitrogen and oxygen atoms in total. The number of carbonyl (C=O) groups excluding carboxylic acids is 1. The predicted octanol–water partition coefficient (Wildman–Crippen LogP) is 1.77. The van der Waals surface area contributed by atoms with Gasteiger partial charge in [-0.25, -0.2) is 4.98 Å². The van der Waals surface area contributed by atoms with Crippen LogP contribution in [-0.4, -0.2) is 17.4 Å². The van der Waals surface area contributed by atoms with Crippen molar-refractivity contribution in [2.24, 2.45) is 11.1 Å². The average Bonchev–Trinajstić information content (AvgIpc) is 2.63. The van der Waals surface area contributed by atoms with Crippen LogP contribution in [0.3, 0.4) is 0 Å². The second-order valence-electron chi connectivity index (χ2n) is 4.90. The second-order valence-corrected chi connectivity index (χ2v) is 5.84. The molecule has 0 unspecified atom stereocenters. The van der Waals surface area contributed by atoms with Gasteiger partial charge in [-0.3, -0.25) is 4.79 Å². The number of hydrogen-bond acceptors (Lipinski definition) is 4. The Bertz CT molecular complexity index is 354. The van der Waals surface area contributed by atoms with Crippen LogP contribution in [0.25, 0.3) is 0 Å². The van der Waals surface area contributed by atoms with Crippen LogP contribution in [0, 0.1) is 5.41 Å². The van der Waals surface area contributed by atoms with Crippen LogP contribution < -0.4 is 11.1 Å². The lowest BCUT2D eigenvalue weighted by atomic mass is 9.92. The Balaban J connectivity index is 2.41. The molecule has 0 fully saturated rings. The molecule has 0 aliphatic rings. The zero-order chi connectivity index (χ0) is 12.2. The van der Waals surface area contributed by atoms with Crippen molar-refractivity contribution in [2.75, 3.05) is 6.54 Å². The molecule has 0 bridgehead atoms. The van der Waals surface area contributed by atoms with Crippen LogP contribution in [-0.2, 0) is 6.54 Å². The first-order valence-electron chi connectivity index (χ1n) is 5.35. The Labute approximate surface area is 100 Å². The summed E-state index contributed by atoms with van der Waals surface area (Å²) in [5, 5.41) is 5.39. The van der Waals surface area contributed by atoms with E-state index >= 15 is 0 Å². The molecule has 1 rings (SSSR count). The highest BCUT2D eigenvalue weighted by Crippen LogP contribution is 2.17. The highest BCUT2D eigenvalue weighted by atomic mass is 32.1. The summed E-state index contributed by atoms with van der Waals surface area (Å²) in [6.07, 6.45) is 0.951. The lowest BCUT2D eigenvalue weighted by Gasteiger charge is -2.17. The highest BCUT2D eigenvalue weighted by Gasteiger charge is 2.13. The molecule has 5 heteroatoms. The van der Waals surface area contributed by atoms with E-state index in [2.05, 4.69) is 31.1 Å². The molecule has 90 valence electrons. The SMILES string of the molecule is CC(C)(C)CCNC(=O)c1csc(CN)n1. The van der Waals surface area contributed by atoms with Crippen molar-refractivity contribution >= 4 is 17.2 Å². The van der Waals surface area contributed by atoms with Gasteiger partial charge in [0.25, 0.3) is 5.91 Å². The fraction of sp³-hybridized carbons (Fsp3) is 0.636. The molecule has 0 aliphatic heterocycles.